The van der Waals surface area contributed by atoms with Crippen molar-refractivity contribution in [3.63, 3.8) is 0 Å². The van der Waals surface area contributed by atoms with Crippen molar-refractivity contribution in [3.8, 4) is 23.1 Å². The van der Waals surface area contributed by atoms with Gasteiger partial charge in [-0.2, -0.15) is 5.26 Å². The third kappa shape index (κ3) is 4.41. The number of amides is 1. The highest BCUT2D eigenvalue weighted by Crippen LogP contribution is 2.35. The van der Waals surface area contributed by atoms with Gasteiger partial charge in [0.2, 0.25) is 0 Å². The monoisotopic (exact) mass is 405 g/mol. The quantitative estimate of drug-likeness (QED) is 0.569. The number of hydrogen-bond acceptors (Lipinski definition) is 4. The van der Waals surface area contributed by atoms with Gasteiger partial charge in [-0.25, -0.2) is 4.79 Å². The maximum absolute atomic E-state index is 12.1. The van der Waals surface area contributed by atoms with Crippen LogP contribution in [0.4, 0.5) is 10.5 Å². The van der Waals surface area contributed by atoms with Gasteiger partial charge >= 0.3 is 6.09 Å². The van der Waals surface area contributed by atoms with Gasteiger partial charge in [0.05, 0.1) is 23.4 Å². The van der Waals surface area contributed by atoms with Crippen molar-refractivity contribution in [2.45, 2.75) is 46.8 Å². The number of nitrogens with zero attached hydrogens (tertiary/aromatic N) is 2. The van der Waals surface area contributed by atoms with E-state index < -0.39 is 11.7 Å². The van der Waals surface area contributed by atoms with E-state index in [1.165, 1.54) is 0 Å². The molecule has 2 aromatic carbocycles. The number of nitriles is 1. The molecule has 1 aromatic heterocycles. The first kappa shape index (κ1) is 21.3. The number of anilines is 1. The van der Waals surface area contributed by atoms with Gasteiger partial charge in [0.25, 0.3) is 0 Å². The average Bonchev–Trinajstić information content (AvgIpc) is 3.00. The number of rotatable bonds is 5. The van der Waals surface area contributed by atoms with Crippen LogP contribution in [0.2, 0.25) is 0 Å². The van der Waals surface area contributed by atoms with Gasteiger partial charge < -0.3 is 14.0 Å². The zero-order valence-electron chi connectivity index (χ0n) is 18.1. The molecule has 0 atom stereocenters. The molecule has 3 rings (SSSR count). The topological polar surface area (TPSA) is 76.3 Å². The van der Waals surface area contributed by atoms with Crippen molar-refractivity contribution in [2.75, 3.05) is 11.9 Å². The van der Waals surface area contributed by atoms with Crippen LogP contribution in [0, 0.1) is 11.3 Å². The van der Waals surface area contributed by atoms with Crippen LogP contribution in [0.1, 0.15) is 40.2 Å². The number of nitrogens with one attached hydrogen (secondary N) is 1. The van der Waals surface area contributed by atoms with E-state index in [1.54, 1.807) is 6.07 Å². The van der Waals surface area contributed by atoms with E-state index in [0.29, 0.717) is 24.4 Å². The lowest BCUT2D eigenvalue weighted by Crippen LogP contribution is -2.27. The van der Waals surface area contributed by atoms with Crippen LogP contribution in [0.5, 0.6) is 5.75 Å². The van der Waals surface area contributed by atoms with Crippen LogP contribution in [-0.4, -0.2) is 22.9 Å². The Kier molecular flexibility index (Phi) is 6.02. The van der Waals surface area contributed by atoms with Crippen molar-refractivity contribution in [2.24, 2.45) is 0 Å². The zero-order valence-corrected chi connectivity index (χ0v) is 18.1. The summed E-state index contributed by atoms with van der Waals surface area (Å²) < 4.78 is 13.0. The molecule has 0 saturated heterocycles. The fourth-order valence-electron chi connectivity index (χ4n) is 3.47. The van der Waals surface area contributed by atoms with E-state index >= 15 is 0 Å². The third-order valence-electron chi connectivity index (χ3n) is 4.58. The molecule has 0 aliphatic carbocycles. The van der Waals surface area contributed by atoms with Crippen LogP contribution in [0.15, 0.2) is 42.5 Å². The molecule has 0 aliphatic rings. The lowest BCUT2D eigenvalue weighted by molar-refractivity contribution is 0.0636. The second kappa shape index (κ2) is 8.50. The van der Waals surface area contributed by atoms with E-state index in [-0.39, 0.29) is 0 Å². The lowest BCUT2D eigenvalue weighted by Gasteiger charge is -2.19. The number of carbonyl (C=O) groups excluding carboxylic acids is 1. The smallest absolute Gasteiger partial charge is 0.412 e. The normalized spacial score (nSPS) is 11.2. The van der Waals surface area contributed by atoms with Gasteiger partial charge in [-0.15, -0.1) is 0 Å². The Labute approximate surface area is 177 Å². The fraction of sp³-hybridized carbons (Fsp3) is 0.333. The van der Waals surface area contributed by atoms with Crippen molar-refractivity contribution in [3.05, 3.63) is 48.0 Å². The first-order chi connectivity index (χ1) is 14.3. The summed E-state index contributed by atoms with van der Waals surface area (Å²) in [7, 11) is 0. The average molecular weight is 405 g/mol. The third-order valence-corrected chi connectivity index (χ3v) is 4.58. The minimum atomic E-state index is -0.577. The summed E-state index contributed by atoms with van der Waals surface area (Å²) in [5.41, 5.74) is 3.33. The lowest BCUT2D eigenvalue weighted by atomic mass is 10.1. The Morgan fingerprint density at radius 1 is 1.13 bits per heavy atom. The van der Waals surface area contributed by atoms with Crippen LogP contribution in [-0.2, 0) is 11.3 Å². The molecule has 3 aromatic rings. The molecule has 0 bridgehead atoms. The summed E-state index contributed by atoms with van der Waals surface area (Å²) >= 11 is 0. The number of carbonyl (C=O) groups is 1. The molecule has 6 nitrogen and oxygen atoms in total. The van der Waals surface area contributed by atoms with E-state index in [2.05, 4.69) is 16.0 Å². The Morgan fingerprint density at radius 2 is 1.83 bits per heavy atom. The molecule has 0 aliphatic heterocycles. The van der Waals surface area contributed by atoms with E-state index in [1.807, 2.05) is 71.0 Å². The van der Waals surface area contributed by atoms with Crippen molar-refractivity contribution in [1.82, 2.24) is 4.57 Å². The van der Waals surface area contributed by atoms with Crippen LogP contribution in [0.25, 0.3) is 22.2 Å². The predicted octanol–water partition coefficient (Wildman–Crippen LogP) is 5.95. The standard InChI is InChI=1S/C24H27N3O3/c1-6-27-21-14-17(26-23(28)30-24(3,4)5)10-13-19(21)20(15-25)22(27)16-8-11-18(12-9-16)29-7-2/h8-14H,6-7H2,1-5H3,(H,26,28). The van der Waals surface area contributed by atoms with Crippen LogP contribution >= 0.6 is 0 Å². The molecule has 0 saturated carbocycles. The van der Waals surface area contributed by atoms with Crippen molar-refractivity contribution >= 4 is 22.7 Å². The molecular weight excluding hydrogens is 378 g/mol. The molecule has 1 heterocycles. The van der Waals surface area contributed by atoms with Gasteiger partial charge in [0.15, 0.2) is 0 Å². The Bertz CT molecular complexity index is 1100. The predicted molar refractivity (Wildman–Crippen MR) is 119 cm³/mol. The number of aromatic nitrogens is 1. The molecule has 6 heteroatoms. The molecule has 0 unspecified atom stereocenters. The molecule has 0 radical (unpaired) electrons. The summed E-state index contributed by atoms with van der Waals surface area (Å²) in [6, 6.07) is 15.6. The van der Waals surface area contributed by atoms with Gasteiger partial charge in [0, 0.05) is 17.6 Å². The summed E-state index contributed by atoms with van der Waals surface area (Å²) in [6.07, 6.45) is -0.510. The molecule has 1 N–H and O–H groups in total. The second-order valence-electron chi connectivity index (χ2n) is 7.90. The number of ether oxygens (including phenoxy) is 2. The molecule has 156 valence electrons. The number of fused-ring (bicyclic) bond motifs is 1. The summed E-state index contributed by atoms with van der Waals surface area (Å²) in [6.45, 7) is 10.7. The van der Waals surface area contributed by atoms with E-state index in [9.17, 15) is 10.1 Å². The molecule has 0 spiro atoms. The maximum atomic E-state index is 12.1. The Balaban J connectivity index is 2.06. The minimum Gasteiger partial charge on any atom is -0.494 e. The summed E-state index contributed by atoms with van der Waals surface area (Å²) in [4.78, 5) is 12.1. The SMILES string of the molecule is CCOc1ccc(-c2c(C#N)c3ccc(NC(=O)OC(C)(C)C)cc3n2CC)cc1. The first-order valence-electron chi connectivity index (χ1n) is 10.1. The number of hydrogen-bond donors (Lipinski definition) is 1. The fourth-order valence-corrected chi connectivity index (χ4v) is 3.47. The Hall–Kier alpha value is -3.46. The van der Waals surface area contributed by atoms with Gasteiger partial charge in [-0.1, -0.05) is 0 Å². The molecule has 0 fully saturated rings. The minimum absolute atomic E-state index is 0.510. The van der Waals surface area contributed by atoms with E-state index in [4.69, 9.17) is 9.47 Å². The maximum Gasteiger partial charge on any atom is 0.412 e. The molecular formula is C24H27N3O3. The van der Waals surface area contributed by atoms with Crippen LogP contribution in [0.3, 0.4) is 0 Å². The summed E-state index contributed by atoms with van der Waals surface area (Å²) in [5.74, 6) is 0.794. The largest absolute Gasteiger partial charge is 0.494 e. The number of benzene rings is 2. The highest BCUT2D eigenvalue weighted by Gasteiger charge is 2.20. The van der Waals surface area contributed by atoms with Gasteiger partial charge in [-0.05, 0) is 82.6 Å². The van der Waals surface area contributed by atoms with Crippen molar-refractivity contribution in [1.29, 1.82) is 5.26 Å². The zero-order chi connectivity index (χ0) is 21.9. The molecule has 1 amide bonds. The van der Waals surface area contributed by atoms with Gasteiger partial charge in [-0.3, -0.25) is 5.32 Å². The van der Waals surface area contributed by atoms with E-state index in [0.717, 1.165) is 27.9 Å². The Morgan fingerprint density at radius 3 is 2.40 bits per heavy atom. The summed E-state index contributed by atoms with van der Waals surface area (Å²) in [5, 5.41) is 13.5. The first-order valence-corrected chi connectivity index (χ1v) is 10.1. The highest BCUT2D eigenvalue weighted by molar-refractivity contribution is 5.97. The second-order valence-corrected chi connectivity index (χ2v) is 7.90. The number of aryl methyl sites for hydroxylation is 1. The van der Waals surface area contributed by atoms with Crippen LogP contribution < -0.4 is 10.1 Å². The molecule has 30 heavy (non-hydrogen) atoms. The van der Waals surface area contributed by atoms with Crippen molar-refractivity contribution < 1.29 is 14.3 Å². The van der Waals surface area contributed by atoms with Gasteiger partial charge in [0.1, 0.15) is 17.4 Å². The highest BCUT2D eigenvalue weighted by atomic mass is 16.6.